The minimum atomic E-state index is -0.495. The first-order chi connectivity index (χ1) is 14.9. The van der Waals surface area contributed by atoms with Crippen LogP contribution in [0.3, 0.4) is 0 Å². The van der Waals surface area contributed by atoms with Crippen LogP contribution in [0.15, 0.2) is 35.7 Å². The van der Waals surface area contributed by atoms with Gasteiger partial charge < -0.3 is 16.0 Å². The Kier molecular flexibility index (Phi) is 8.71. The molecular weight excluding hydrogens is 459 g/mol. The second-order valence-electron chi connectivity index (χ2n) is 7.16. The number of rotatable bonds is 9. The molecule has 1 unspecified atom stereocenters. The molecule has 3 amide bonds. The molecule has 0 aliphatic carbocycles. The molecule has 1 saturated heterocycles. The molecule has 3 N–H and O–H groups in total. The van der Waals surface area contributed by atoms with Crippen molar-refractivity contribution < 1.29 is 14.4 Å². The molecule has 0 radical (unpaired) electrons. The molecule has 10 heteroatoms. The van der Waals surface area contributed by atoms with Crippen molar-refractivity contribution in [1.82, 2.24) is 20.9 Å². The van der Waals surface area contributed by atoms with Crippen LogP contribution in [0, 0.1) is 0 Å². The Morgan fingerprint density at radius 3 is 2.39 bits per heavy atom. The average molecular weight is 483 g/mol. The Morgan fingerprint density at radius 1 is 1.00 bits per heavy atom. The molecule has 166 valence electrons. The van der Waals surface area contributed by atoms with Crippen LogP contribution in [0.25, 0.3) is 0 Å². The summed E-state index contributed by atoms with van der Waals surface area (Å²) in [5.41, 5.74) is 0.221. The first-order valence-electron chi connectivity index (χ1n) is 9.98. The third-order valence-corrected chi connectivity index (χ3v) is 6.50. The van der Waals surface area contributed by atoms with Crippen LogP contribution in [0.1, 0.15) is 34.1 Å². The number of nitrogens with one attached hydrogen (secondary N) is 3. The van der Waals surface area contributed by atoms with Crippen molar-refractivity contribution in [3.05, 3.63) is 56.2 Å². The van der Waals surface area contributed by atoms with Gasteiger partial charge in [0.05, 0.1) is 29.7 Å². The van der Waals surface area contributed by atoms with Gasteiger partial charge in [-0.3, -0.25) is 19.3 Å². The van der Waals surface area contributed by atoms with E-state index in [-0.39, 0.29) is 35.6 Å². The van der Waals surface area contributed by atoms with E-state index in [0.717, 1.165) is 13.1 Å². The van der Waals surface area contributed by atoms with Crippen molar-refractivity contribution in [3.63, 3.8) is 0 Å². The molecule has 1 aliphatic rings. The normalized spacial score (nSPS) is 14.8. The van der Waals surface area contributed by atoms with Crippen molar-refractivity contribution in [3.8, 4) is 0 Å². The number of hydrogen-bond acceptors (Lipinski definition) is 5. The molecule has 1 aromatic heterocycles. The van der Waals surface area contributed by atoms with E-state index >= 15 is 0 Å². The molecule has 0 saturated carbocycles. The number of amides is 3. The standard InChI is InChI=1S/C21H24Cl2N4O3S/c22-14-5-6-15(16(23)10-14)21(30)26-13-20(29)25-12-19(28)24-11-17(18-4-3-9-31-18)27-7-1-2-8-27/h3-6,9-10,17H,1-2,7-8,11-13H2,(H,24,28)(H,25,29)(H,26,30). The van der Waals surface area contributed by atoms with Gasteiger partial charge in [0.2, 0.25) is 11.8 Å². The van der Waals surface area contributed by atoms with E-state index in [9.17, 15) is 14.4 Å². The zero-order valence-electron chi connectivity index (χ0n) is 16.8. The summed E-state index contributed by atoms with van der Waals surface area (Å²) >= 11 is 13.5. The van der Waals surface area contributed by atoms with Crippen LogP contribution in [0.5, 0.6) is 0 Å². The van der Waals surface area contributed by atoms with Crippen molar-refractivity contribution >= 4 is 52.3 Å². The van der Waals surface area contributed by atoms with Gasteiger partial charge in [-0.25, -0.2) is 0 Å². The minimum absolute atomic E-state index is 0.144. The van der Waals surface area contributed by atoms with E-state index in [4.69, 9.17) is 23.2 Å². The number of carbonyl (C=O) groups is 3. The fraction of sp³-hybridized carbons (Fsp3) is 0.381. The minimum Gasteiger partial charge on any atom is -0.353 e. The van der Waals surface area contributed by atoms with Crippen molar-refractivity contribution in [1.29, 1.82) is 0 Å². The van der Waals surface area contributed by atoms with Crippen LogP contribution < -0.4 is 16.0 Å². The predicted octanol–water partition coefficient (Wildman–Crippen LogP) is 2.85. The van der Waals surface area contributed by atoms with Crippen molar-refractivity contribution in [2.75, 3.05) is 32.7 Å². The number of thiophene rings is 1. The summed E-state index contributed by atoms with van der Waals surface area (Å²) in [5.74, 6) is -1.24. The lowest BCUT2D eigenvalue weighted by Gasteiger charge is -2.26. The zero-order valence-corrected chi connectivity index (χ0v) is 19.2. The summed E-state index contributed by atoms with van der Waals surface area (Å²) in [4.78, 5) is 39.9. The quantitative estimate of drug-likeness (QED) is 0.512. The second kappa shape index (κ2) is 11.5. The molecule has 1 fully saturated rings. The van der Waals surface area contributed by atoms with E-state index < -0.39 is 11.8 Å². The highest BCUT2D eigenvalue weighted by Crippen LogP contribution is 2.27. The predicted molar refractivity (Wildman–Crippen MR) is 123 cm³/mol. The number of carbonyl (C=O) groups excluding carboxylic acids is 3. The first kappa shape index (κ1) is 23.5. The Bertz CT molecular complexity index is 917. The lowest BCUT2D eigenvalue weighted by Crippen LogP contribution is -2.44. The fourth-order valence-electron chi connectivity index (χ4n) is 3.39. The summed E-state index contributed by atoms with van der Waals surface area (Å²) in [5, 5.41) is 10.5. The SMILES string of the molecule is O=C(CNC(=O)CNC(=O)c1ccc(Cl)cc1Cl)NCC(c1cccs1)N1CCCC1. The van der Waals surface area contributed by atoms with Gasteiger partial charge in [-0.05, 0) is 55.6 Å². The first-order valence-corrected chi connectivity index (χ1v) is 11.6. The summed E-state index contributed by atoms with van der Waals surface area (Å²) in [6, 6.07) is 8.71. The third-order valence-electron chi connectivity index (χ3n) is 4.98. The maximum Gasteiger partial charge on any atom is 0.253 e. The van der Waals surface area contributed by atoms with Gasteiger partial charge in [0.15, 0.2) is 0 Å². The molecular formula is C21H24Cl2N4O3S. The van der Waals surface area contributed by atoms with Crippen LogP contribution in [0.4, 0.5) is 0 Å². The maximum atomic E-state index is 12.2. The second-order valence-corrected chi connectivity index (χ2v) is 8.98. The van der Waals surface area contributed by atoms with E-state index in [1.165, 1.54) is 29.9 Å². The van der Waals surface area contributed by atoms with Gasteiger partial charge in [0.25, 0.3) is 5.91 Å². The van der Waals surface area contributed by atoms with Crippen molar-refractivity contribution in [2.24, 2.45) is 0 Å². The Morgan fingerprint density at radius 2 is 1.71 bits per heavy atom. The fourth-order valence-corrected chi connectivity index (χ4v) is 4.74. The average Bonchev–Trinajstić information content (AvgIpc) is 3.45. The molecule has 7 nitrogen and oxygen atoms in total. The Hall–Kier alpha value is -2.13. The van der Waals surface area contributed by atoms with Gasteiger partial charge in [-0.1, -0.05) is 29.3 Å². The number of benzene rings is 1. The zero-order chi connectivity index (χ0) is 22.2. The van der Waals surface area contributed by atoms with Crippen molar-refractivity contribution in [2.45, 2.75) is 18.9 Å². The monoisotopic (exact) mass is 482 g/mol. The molecule has 31 heavy (non-hydrogen) atoms. The van der Waals surface area contributed by atoms with E-state index in [1.807, 2.05) is 11.4 Å². The summed E-state index contributed by atoms with van der Waals surface area (Å²) in [6.45, 7) is 2.10. The summed E-state index contributed by atoms with van der Waals surface area (Å²) in [7, 11) is 0. The van der Waals surface area contributed by atoms with Gasteiger partial charge in [-0.15, -0.1) is 11.3 Å². The Balaban J connectivity index is 1.40. The lowest BCUT2D eigenvalue weighted by molar-refractivity contribution is -0.125. The highest BCUT2D eigenvalue weighted by Gasteiger charge is 2.24. The van der Waals surface area contributed by atoms with Crippen LogP contribution >= 0.6 is 34.5 Å². The number of hydrogen-bond donors (Lipinski definition) is 3. The molecule has 0 spiro atoms. The van der Waals surface area contributed by atoms with Gasteiger partial charge in [0.1, 0.15) is 0 Å². The molecule has 2 aromatic rings. The molecule has 0 bridgehead atoms. The van der Waals surface area contributed by atoms with E-state index in [0.29, 0.717) is 11.6 Å². The number of nitrogens with zero attached hydrogens (tertiary/aromatic N) is 1. The van der Waals surface area contributed by atoms with Crippen LogP contribution in [0.2, 0.25) is 10.0 Å². The smallest absolute Gasteiger partial charge is 0.253 e. The highest BCUT2D eigenvalue weighted by atomic mass is 35.5. The largest absolute Gasteiger partial charge is 0.353 e. The molecule has 3 rings (SSSR count). The molecule has 1 aromatic carbocycles. The van der Waals surface area contributed by atoms with Crippen LogP contribution in [-0.2, 0) is 9.59 Å². The van der Waals surface area contributed by atoms with Gasteiger partial charge in [0, 0.05) is 16.4 Å². The van der Waals surface area contributed by atoms with Gasteiger partial charge in [-0.2, -0.15) is 0 Å². The molecule has 2 heterocycles. The summed E-state index contributed by atoms with van der Waals surface area (Å²) < 4.78 is 0. The Labute approximate surface area is 195 Å². The summed E-state index contributed by atoms with van der Waals surface area (Å²) in [6.07, 6.45) is 2.33. The lowest BCUT2D eigenvalue weighted by atomic mass is 10.2. The molecule has 1 atom stereocenters. The van der Waals surface area contributed by atoms with Gasteiger partial charge >= 0.3 is 0 Å². The number of likely N-dealkylation sites (tertiary alicyclic amines) is 1. The van der Waals surface area contributed by atoms with E-state index in [2.05, 4.69) is 26.9 Å². The topological polar surface area (TPSA) is 90.5 Å². The van der Waals surface area contributed by atoms with E-state index in [1.54, 1.807) is 17.4 Å². The highest BCUT2D eigenvalue weighted by molar-refractivity contribution is 7.10. The van der Waals surface area contributed by atoms with Crippen LogP contribution in [-0.4, -0.2) is 55.3 Å². The number of halogens is 2. The third kappa shape index (κ3) is 6.93. The maximum absolute atomic E-state index is 12.2. The molecule has 1 aliphatic heterocycles.